The third-order valence-electron chi connectivity index (χ3n) is 1.96. The van der Waals surface area contributed by atoms with E-state index in [4.69, 9.17) is 11.2 Å². The van der Waals surface area contributed by atoms with Crippen LogP contribution in [0.15, 0.2) is 35.2 Å². The smallest absolute Gasteiger partial charge is 0.119 e. The molecular weight excluding hydrogens is 204 g/mol. The molecule has 0 amide bonds. The summed E-state index contributed by atoms with van der Waals surface area (Å²) in [5.74, 6) is 3.41. The molecule has 0 aliphatic rings. The summed E-state index contributed by atoms with van der Waals surface area (Å²) >= 11 is 1.72. The molecule has 0 aromatic heterocycles. The second-order valence-electron chi connectivity index (χ2n) is 3.00. The molecule has 0 aliphatic heterocycles. The van der Waals surface area contributed by atoms with E-state index in [9.17, 15) is 0 Å². The number of rotatable bonds is 4. The Bertz CT molecular complexity index is 371. The number of thioether (sulfide) groups is 1. The van der Waals surface area contributed by atoms with E-state index in [0.29, 0.717) is 6.61 Å². The molecule has 2 heteroatoms. The van der Waals surface area contributed by atoms with Crippen LogP contribution in [-0.4, -0.2) is 12.9 Å². The van der Waals surface area contributed by atoms with Gasteiger partial charge >= 0.3 is 0 Å². The average molecular weight is 218 g/mol. The number of allylic oxidation sites excluding steroid dienone is 1. The minimum atomic E-state index is 0.599. The van der Waals surface area contributed by atoms with E-state index in [1.807, 2.05) is 30.5 Å². The molecule has 1 rings (SSSR count). The van der Waals surface area contributed by atoms with E-state index in [0.717, 1.165) is 11.3 Å². The lowest BCUT2D eigenvalue weighted by Crippen LogP contribution is -1.93. The lowest BCUT2D eigenvalue weighted by Gasteiger charge is -2.03. The Hall–Kier alpha value is -1.33. The summed E-state index contributed by atoms with van der Waals surface area (Å²) in [6.45, 7) is 2.66. The van der Waals surface area contributed by atoms with Crippen LogP contribution in [0.4, 0.5) is 0 Å². The average Bonchev–Trinajstić information content (AvgIpc) is 2.29. The van der Waals surface area contributed by atoms with Crippen molar-refractivity contribution >= 4 is 11.8 Å². The van der Waals surface area contributed by atoms with Gasteiger partial charge in [-0.3, -0.25) is 0 Å². The van der Waals surface area contributed by atoms with Crippen LogP contribution in [-0.2, 0) is 0 Å². The maximum absolute atomic E-state index is 5.52. The van der Waals surface area contributed by atoms with Gasteiger partial charge in [0.05, 0.1) is 0 Å². The van der Waals surface area contributed by atoms with Gasteiger partial charge in [0.15, 0.2) is 0 Å². The molecule has 0 unspecified atom stereocenters. The van der Waals surface area contributed by atoms with Gasteiger partial charge in [0.25, 0.3) is 0 Å². The minimum Gasteiger partial charge on any atom is -0.490 e. The fourth-order valence-electron chi connectivity index (χ4n) is 0.986. The van der Waals surface area contributed by atoms with Crippen LogP contribution in [0.5, 0.6) is 5.75 Å². The topological polar surface area (TPSA) is 9.23 Å². The molecule has 0 saturated heterocycles. The molecule has 0 heterocycles. The Morgan fingerprint density at radius 2 is 2.13 bits per heavy atom. The molecule has 15 heavy (non-hydrogen) atoms. The van der Waals surface area contributed by atoms with Crippen LogP contribution in [0.1, 0.15) is 12.5 Å². The van der Waals surface area contributed by atoms with Crippen molar-refractivity contribution in [3.63, 3.8) is 0 Å². The van der Waals surface area contributed by atoms with Crippen molar-refractivity contribution in [1.82, 2.24) is 0 Å². The van der Waals surface area contributed by atoms with Crippen LogP contribution >= 0.6 is 11.8 Å². The van der Waals surface area contributed by atoms with Crippen LogP contribution in [0.2, 0.25) is 0 Å². The molecular formula is C13H14OS. The van der Waals surface area contributed by atoms with Gasteiger partial charge in [0.1, 0.15) is 12.4 Å². The third kappa shape index (κ3) is 4.14. The molecule has 1 nitrogen and oxygen atoms in total. The normalized spacial score (nSPS) is 10.9. The van der Waals surface area contributed by atoms with Gasteiger partial charge in [-0.2, -0.15) is 0 Å². The summed E-state index contributed by atoms with van der Waals surface area (Å²) in [6.07, 6.45) is 9.36. The first kappa shape index (κ1) is 11.7. The first-order chi connectivity index (χ1) is 7.26. The second-order valence-corrected chi connectivity index (χ2v) is 4.05. The summed E-state index contributed by atoms with van der Waals surface area (Å²) in [5, 5.41) is 0. The second kappa shape index (κ2) is 6.21. The quantitative estimate of drug-likeness (QED) is 0.717. The fraction of sp³-hybridized carbons (Fsp3) is 0.231. The van der Waals surface area contributed by atoms with Crippen molar-refractivity contribution in [2.24, 2.45) is 0 Å². The van der Waals surface area contributed by atoms with Crippen molar-refractivity contribution in [3.8, 4) is 18.1 Å². The standard InChI is InChI=1S/C13H14OS/c1-4-12-5-7-13(8-6-12)14-10-9-11(2)15-3/h1,5-9H,10H2,2-3H3/b11-9+. The third-order valence-corrected chi connectivity index (χ3v) is 2.77. The number of ether oxygens (including phenoxy) is 1. The summed E-state index contributed by atoms with van der Waals surface area (Å²) in [5.41, 5.74) is 0.873. The van der Waals surface area contributed by atoms with Crippen molar-refractivity contribution in [2.75, 3.05) is 12.9 Å². The highest BCUT2D eigenvalue weighted by Crippen LogP contribution is 2.13. The van der Waals surface area contributed by atoms with Gasteiger partial charge in [-0.05, 0) is 48.4 Å². The first-order valence-corrected chi connectivity index (χ1v) is 5.89. The number of hydrogen-bond acceptors (Lipinski definition) is 2. The maximum atomic E-state index is 5.52. The molecule has 0 saturated carbocycles. The van der Waals surface area contributed by atoms with Crippen LogP contribution in [0, 0.1) is 12.3 Å². The van der Waals surface area contributed by atoms with E-state index < -0.39 is 0 Å². The summed E-state index contributed by atoms with van der Waals surface area (Å²) < 4.78 is 5.52. The predicted octanol–water partition coefficient (Wildman–Crippen LogP) is 3.31. The van der Waals surface area contributed by atoms with Crippen molar-refractivity contribution < 1.29 is 4.74 Å². The van der Waals surface area contributed by atoms with Gasteiger partial charge < -0.3 is 4.74 Å². The highest BCUT2D eigenvalue weighted by molar-refractivity contribution is 8.02. The first-order valence-electron chi connectivity index (χ1n) is 4.66. The lowest BCUT2D eigenvalue weighted by molar-refractivity contribution is 0.362. The summed E-state index contributed by atoms with van der Waals surface area (Å²) in [7, 11) is 0. The molecule has 0 aliphatic carbocycles. The van der Waals surface area contributed by atoms with Gasteiger partial charge in [-0.25, -0.2) is 0 Å². The van der Waals surface area contributed by atoms with E-state index >= 15 is 0 Å². The molecule has 0 N–H and O–H groups in total. The van der Waals surface area contributed by atoms with Crippen molar-refractivity contribution in [3.05, 3.63) is 40.8 Å². The monoisotopic (exact) mass is 218 g/mol. The number of terminal acetylenes is 1. The highest BCUT2D eigenvalue weighted by Gasteiger charge is 1.92. The van der Waals surface area contributed by atoms with Gasteiger partial charge in [0.2, 0.25) is 0 Å². The van der Waals surface area contributed by atoms with Gasteiger partial charge in [-0.1, -0.05) is 5.92 Å². The Morgan fingerprint density at radius 3 is 2.67 bits per heavy atom. The number of benzene rings is 1. The molecule has 0 atom stereocenters. The number of hydrogen-bond donors (Lipinski definition) is 0. The Morgan fingerprint density at radius 1 is 1.47 bits per heavy atom. The minimum absolute atomic E-state index is 0.599. The van der Waals surface area contributed by atoms with E-state index in [1.165, 1.54) is 4.91 Å². The van der Waals surface area contributed by atoms with Crippen LogP contribution in [0.3, 0.4) is 0 Å². The largest absolute Gasteiger partial charge is 0.490 e. The molecule has 1 aromatic carbocycles. The molecule has 1 aromatic rings. The molecule has 78 valence electrons. The van der Waals surface area contributed by atoms with Crippen LogP contribution in [0.25, 0.3) is 0 Å². The lowest BCUT2D eigenvalue weighted by atomic mass is 10.2. The summed E-state index contributed by atoms with van der Waals surface area (Å²) in [6, 6.07) is 7.52. The van der Waals surface area contributed by atoms with Crippen molar-refractivity contribution in [1.29, 1.82) is 0 Å². The van der Waals surface area contributed by atoms with E-state index in [2.05, 4.69) is 18.9 Å². The Labute approximate surface area is 95.5 Å². The van der Waals surface area contributed by atoms with Crippen molar-refractivity contribution in [2.45, 2.75) is 6.92 Å². The zero-order valence-corrected chi connectivity index (χ0v) is 9.80. The molecule has 0 bridgehead atoms. The predicted molar refractivity (Wildman–Crippen MR) is 67.1 cm³/mol. The Kier molecular flexibility index (Phi) is 4.86. The fourth-order valence-corrected chi connectivity index (χ4v) is 1.22. The SMILES string of the molecule is C#Cc1ccc(OC/C=C(\C)SC)cc1. The van der Waals surface area contributed by atoms with Gasteiger partial charge in [0, 0.05) is 5.56 Å². The highest BCUT2D eigenvalue weighted by atomic mass is 32.2. The zero-order valence-electron chi connectivity index (χ0n) is 8.99. The molecule has 0 spiro atoms. The van der Waals surface area contributed by atoms with Crippen LogP contribution < -0.4 is 4.74 Å². The zero-order chi connectivity index (χ0) is 11.1. The van der Waals surface area contributed by atoms with E-state index in [-0.39, 0.29) is 0 Å². The maximum Gasteiger partial charge on any atom is 0.119 e. The molecule has 0 fully saturated rings. The van der Waals surface area contributed by atoms with Gasteiger partial charge in [-0.15, -0.1) is 18.2 Å². The van der Waals surface area contributed by atoms with E-state index in [1.54, 1.807) is 11.8 Å². The Balaban J connectivity index is 2.49. The summed E-state index contributed by atoms with van der Waals surface area (Å²) in [4.78, 5) is 1.26. The molecule has 0 radical (unpaired) electrons.